The second kappa shape index (κ2) is 7.35. The fraction of sp³-hybridized carbons (Fsp3) is 0.647. The number of hydrogen-bond donors (Lipinski definition) is 1. The van der Waals surface area contributed by atoms with Crippen molar-refractivity contribution in [2.75, 3.05) is 18.4 Å². The summed E-state index contributed by atoms with van der Waals surface area (Å²) in [5, 5.41) is 10.8. The molecule has 1 atom stereocenters. The molecule has 1 saturated heterocycles. The lowest BCUT2D eigenvalue weighted by Gasteiger charge is -2.20. The van der Waals surface area contributed by atoms with Crippen molar-refractivity contribution in [2.24, 2.45) is 0 Å². The molecule has 1 aliphatic rings. The third-order valence-electron chi connectivity index (χ3n) is 4.34. The Hall–Kier alpha value is -2.22. The average Bonchev–Trinajstić information content (AvgIpc) is 3.26. The predicted octanol–water partition coefficient (Wildman–Crippen LogP) is 3.08. The molecule has 25 heavy (non-hydrogen) atoms. The summed E-state index contributed by atoms with van der Waals surface area (Å²) in [6, 6.07) is 1.78. The number of carbonyl (C=O) groups is 1. The van der Waals surface area contributed by atoms with Crippen LogP contribution in [0.5, 0.6) is 0 Å². The van der Waals surface area contributed by atoms with Gasteiger partial charge in [0.1, 0.15) is 0 Å². The van der Waals surface area contributed by atoms with E-state index in [0.717, 1.165) is 25.1 Å². The molecular formula is C17H25N5O3. The zero-order valence-corrected chi connectivity index (χ0v) is 15.2. The van der Waals surface area contributed by atoms with Gasteiger partial charge in [-0.2, -0.15) is 4.98 Å². The number of likely N-dealkylation sites (tertiary alicyclic amines) is 1. The Bertz CT molecular complexity index is 721. The molecule has 1 fully saturated rings. The Morgan fingerprint density at radius 2 is 2.08 bits per heavy atom. The number of aromatic nitrogens is 3. The maximum Gasteiger partial charge on any atom is 0.240 e. The first-order chi connectivity index (χ1) is 11.9. The zero-order valence-electron chi connectivity index (χ0n) is 15.2. The Labute approximate surface area is 146 Å². The van der Waals surface area contributed by atoms with Crippen LogP contribution in [0.1, 0.15) is 75.8 Å². The summed E-state index contributed by atoms with van der Waals surface area (Å²) in [7, 11) is 0. The van der Waals surface area contributed by atoms with Gasteiger partial charge >= 0.3 is 0 Å². The minimum absolute atomic E-state index is 0.0166. The summed E-state index contributed by atoms with van der Waals surface area (Å²) in [6.45, 7) is 9.16. The number of carbonyl (C=O) groups excluding carboxylic acids is 1. The van der Waals surface area contributed by atoms with Crippen LogP contribution < -0.4 is 5.32 Å². The van der Waals surface area contributed by atoms with Gasteiger partial charge in [0.15, 0.2) is 5.82 Å². The standard InChI is InChI=1S/C17H25N5O3/c1-10(2)12-8-15(24-20-12)18-14(23)9-22-7-5-6-13(22)16-19-17(11(3)4)25-21-16/h8,10-11,13H,5-7,9H2,1-4H3,(H,18,23)/t13-/m1/s1. The van der Waals surface area contributed by atoms with Crippen molar-refractivity contribution in [3.63, 3.8) is 0 Å². The van der Waals surface area contributed by atoms with E-state index in [0.29, 0.717) is 17.6 Å². The van der Waals surface area contributed by atoms with Gasteiger partial charge in [-0.15, -0.1) is 0 Å². The van der Waals surface area contributed by atoms with Gasteiger partial charge in [0, 0.05) is 12.0 Å². The molecule has 3 heterocycles. The highest BCUT2D eigenvalue weighted by Crippen LogP contribution is 2.30. The molecule has 2 aromatic heterocycles. The van der Waals surface area contributed by atoms with Gasteiger partial charge in [-0.25, -0.2) is 0 Å². The lowest BCUT2D eigenvalue weighted by atomic mass is 10.1. The average molecular weight is 347 g/mol. The van der Waals surface area contributed by atoms with Gasteiger partial charge < -0.3 is 9.05 Å². The van der Waals surface area contributed by atoms with Crippen molar-refractivity contribution in [3.8, 4) is 0 Å². The number of anilines is 1. The van der Waals surface area contributed by atoms with Crippen LogP contribution >= 0.6 is 0 Å². The molecule has 0 bridgehead atoms. The number of amides is 1. The van der Waals surface area contributed by atoms with Gasteiger partial charge in [0.05, 0.1) is 18.3 Å². The summed E-state index contributed by atoms with van der Waals surface area (Å²) in [5.74, 6) is 1.99. The number of nitrogens with one attached hydrogen (secondary N) is 1. The summed E-state index contributed by atoms with van der Waals surface area (Å²) >= 11 is 0. The van der Waals surface area contributed by atoms with E-state index in [2.05, 4.69) is 25.5 Å². The van der Waals surface area contributed by atoms with Crippen molar-refractivity contribution in [3.05, 3.63) is 23.5 Å². The fourth-order valence-electron chi connectivity index (χ4n) is 2.91. The Morgan fingerprint density at radius 3 is 2.72 bits per heavy atom. The van der Waals surface area contributed by atoms with Gasteiger partial charge in [0.25, 0.3) is 0 Å². The van der Waals surface area contributed by atoms with E-state index in [-0.39, 0.29) is 30.3 Å². The summed E-state index contributed by atoms with van der Waals surface area (Å²) in [5.41, 5.74) is 0.822. The van der Waals surface area contributed by atoms with Crippen LogP contribution in [-0.2, 0) is 4.79 Å². The second-order valence-electron chi connectivity index (χ2n) is 7.09. The van der Waals surface area contributed by atoms with Gasteiger partial charge in [-0.05, 0) is 25.3 Å². The second-order valence-corrected chi connectivity index (χ2v) is 7.09. The third-order valence-corrected chi connectivity index (χ3v) is 4.34. The minimum atomic E-state index is -0.133. The van der Waals surface area contributed by atoms with Crippen LogP contribution in [0.2, 0.25) is 0 Å². The summed E-state index contributed by atoms with van der Waals surface area (Å²) < 4.78 is 10.5. The predicted molar refractivity (Wildman–Crippen MR) is 91.2 cm³/mol. The van der Waals surface area contributed by atoms with Crippen molar-refractivity contribution < 1.29 is 13.8 Å². The zero-order chi connectivity index (χ0) is 18.0. The van der Waals surface area contributed by atoms with Crippen LogP contribution in [0.15, 0.2) is 15.1 Å². The van der Waals surface area contributed by atoms with Crippen LogP contribution in [-0.4, -0.2) is 39.2 Å². The Balaban J connectivity index is 1.61. The van der Waals surface area contributed by atoms with Crippen molar-refractivity contribution >= 4 is 11.8 Å². The Morgan fingerprint density at radius 1 is 1.28 bits per heavy atom. The van der Waals surface area contributed by atoms with Crippen LogP contribution in [0.25, 0.3) is 0 Å². The van der Waals surface area contributed by atoms with Gasteiger partial charge in [-0.3, -0.25) is 15.0 Å². The molecule has 0 aromatic carbocycles. The van der Waals surface area contributed by atoms with E-state index >= 15 is 0 Å². The molecule has 1 N–H and O–H groups in total. The topological polar surface area (TPSA) is 97.3 Å². The highest BCUT2D eigenvalue weighted by Gasteiger charge is 2.31. The van der Waals surface area contributed by atoms with Crippen LogP contribution in [0.4, 0.5) is 5.88 Å². The molecule has 3 rings (SSSR count). The summed E-state index contributed by atoms with van der Waals surface area (Å²) in [6.07, 6.45) is 1.92. The summed E-state index contributed by atoms with van der Waals surface area (Å²) in [4.78, 5) is 18.9. The van der Waals surface area contributed by atoms with E-state index in [9.17, 15) is 4.79 Å². The molecule has 2 aromatic rings. The lowest BCUT2D eigenvalue weighted by Crippen LogP contribution is -2.33. The van der Waals surface area contributed by atoms with E-state index in [4.69, 9.17) is 9.05 Å². The smallest absolute Gasteiger partial charge is 0.240 e. The molecule has 1 aliphatic heterocycles. The first-order valence-corrected chi connectivity index (χ1v) is 8.78. The van der Waals surface area contributed by atoms with Crippen LogP contribution in [0, 0.1) is 0 Å². The third kappa shape index (κ3) is 4.07. The SMILES string of the molecule is CC(C)c1cc(NC(=O)CN2CCC[C@@H]2c2noc(C(C)C)n2)on1. The molecule has 0 unspecified atom stereocenters. The van der Waals surface area contributed by atoms with Gasteiger partial charge in [-0.1, -0.05) is 38.0 Å². The maximum absolute atomic E-state index is 12.3. The van der Waals surface area contributed by atoms with Crippen molar-refractivity contribution in [1.29, 1.82) is 0 Å². The van der Waals surface area contributed by atoms with E-state index in [1.807, 2.05) is 27.7 Å². The van der Waals surface area contributed by atoms with Crippen LogP contribution in [0.3, 0.4) is 0 Å². The normalized spacial score (nSPS) is 18.4. The quantitative estimate of drug-likeness (QED) is 0.857. The molecule has 1 amide bonds. The van der Waals surface area contributed by atoms with E-state index < -0.39 is 0 Å². The molecule has 8 heteroatoms. The molecule has 136 valence electrons. The number of hydrogen-bond acceptors (Lipinski definition) is 7. The number of nitrogens with zero attached hydrogens (tertiary/aromatic N) is 4. The van der Waals surface area contributed by atoms with Crippen molar-refractivity contribution in [1.82, 2.24) is 20.2 Å². The van der Waals surface area contributed by atoms with E-state index in [1.165, 1.54) is 0 Å². The fourth-order valence-corrected chi connectivity index (χ4v) is 2.91. The van der Waals surface area contributed by atoms with E-state index in [1.54, 1.807) is 6.07 Å². The van der Waals surface area contributed by atoms with Gasteiger partial charge in [0.2, 0.25) is 17.7 Å². The monoisotopic (exact) mass is 347 g/mol. The largest absolute Gasteiger partial charge is 0.339 e. The molecular weight excluding hydrogens is 322 g/mol. The highest BCUT2D eigenvalue weighted by molar-refractivity contribution is 5.91. The first kappa shape index (κ1) is 17.6. The highest BCUT2D eigenvalue weighted by atomic mass is 16.5. The first-order valence-electron chi connectivity index (χ1n) is 8.78. The molecule has 0 aliphatic carbocycles. The molecule has 0 radical (unpaired) electrons. The molecule has 0 spiro atoms. The maximum atomic E-state index is 12.3. The number of rotatable bonds is 6. The Kier molecular flexibility index (Phi) is 5.17. The minimum Gasteiger partial charge on any atom is -0.339 e. The lowest BCUT2D eigenvalue weighted by molar-refractivity contribution is -0.117. The molecule has 8 nitrogen and oxygen atoms in total. The van der Waals surface area contributed by atoms with Crippen molar-refractivity contribution in [2.45, 2.75) is 58.4 Å². The molecule has 0 saturated carbocycles.